The van der Waals surface area contributed by atoms with Gasteiger partial charge in [0.15, 0.2) is 5.69 Å². The lowest BCUT2D eigenvalue weighted by molar-refractivity contribution is 0.0298. The Balaban J connectivity index is 1.88. The summed E-state index contributed by atoms with van der Waals surface area (Å²) in [7, 11) is 0. The fourth-order valence-corrected chi connectivity index (χ4v) is 2.82. The maximum atomic E-state index is 12.4. The predicted octanol–water partition coefficient (Wildman–Crippen LogP) is 0.813. The first-order chi connectivity index (χ1) is 9.66. The van der Waals surface area contributed by atoms with Crippen LogP contribution < -0.4 is 0 Å². The molecule has 0 unspecified atom stereocenters. The van der Waals surface area contributed by atoms with Crippen LogP contribution in [0.5, 0.6) is 0 Å². The van der Waals surface area contributed by atoms with E-state index in [9.17, 15) is 4.79 Å². The molecule has 3 heterocycles. The second kappa shape index (κ2) is 5.29. The van der Waals surface area contributed by atoms with Crippen LogP contribution in [-0.4, -0.2) is 57.1 Å². The van der Waals surface area contributed by atoms with Gasteiger partial charge in [0.1, 0.15) is 0 Å². The molecule has 0 radical (unpaired) electrons. The Morgan fingerprint density at radius 1 is 1.35 bits per heavy atom. The van der Waals surface area contributed by atoms with Crippen molar-refractivity contribution in [3.05, 3.63) is 22.5 Å². The van der Waals surface area contributed by atoms with Crippen molar-refractivity contribution >= 4 is 17.2 Å². The lowest BCUT2D eigenvalue weighted by atomic mass is 10.3. The van der Waals surface area contributed by atoms with Crippen molar-refractivity contribution in [2.75, 3.05) is 26.3 Å². The Bertz CT molecular complexity index is 630. The number of morpholine rings is 1. The molecule has 1 amide bonds. The maximum absolute atomic E-state index is 12.4. The molecule has 0 spiro atoms. The summed E-state index contributed by atoms with van der Waals surface area (Å²) in [4.78, 5) is 19.5. The van der Waals surface area contributed by atoms with Gasteiger partial charge in [-0.15, -0.1) is 16.4 Å². The van der Waals surface area contributed by atoms with E-state index >= 15 is 0 Å². The van der Waals surface area contributed by atoms with Gasteiger partial charge in [0.25, 0.3) is 5.91 Å². The minimum atomic E-state index is -0.0923. The van der Waals surface area contributed by atoms with Crippen molar-refractivity contribution in [2.45, 2.75) is 13.8 Å². The van der Waals surface area contributed by atoms with Gasteiger partial charge in [0, 0.05) is 24.2 Å². The molecular weight excluding hydrogens is 278 g/mol. The molecule has 0 aromatic carbocycles. The number of carbonyl (C=O) groups is 1. The van der Waals surface area contributed by atoms with Crippen LogP contribution in [0.1, 0.15) is 21.1 Å². The minimum Gasteiger partial charge on any atom is -0.378 e. The fraction of sp³-hybridized carbons (Fsp3) is 0.500. The lowest BCUT2D eigenvalue weighted by Gasteiger charge is -2.26. The van der Waals surface area contributed by atoms with E-state index in [1.807, 2.05) is 13.8 Å². The number of amides is 1. The van der Waals surface area contributed by atoms with E-state index in [0.717, 1.165) is 15.7 Å². The highest BCUT2D eigenvalue weighted by atomic mass is 32.1. The Kier molecular flexibility index (Phi) is 3.49. The molecule has 0 aliphatic carbocycles. The van der Waals surface area contributed by atoms with Crippen LogP contribution in [0, 0.1) is 13.8 Å². The second-order valence-corrected chi connectivity index (χ2v) is 5.81. The van der Waals surface area contributed by atoms with Crippen LogP contribution in [0.4, 0.5) is 0 Å². The van der Waals surface area contributed by atoms with Crippen LogP contribution in [-0.2, 0) is 4.74 Å². The first-order valence-corrected chi connectivity index (χ1v) is 7.20. The molecule has 0 saturated carbocycles. The Labute approximate surface area is 120 Å². The van der Waals surface area contributed by atoms with Gasteiger partial charge in [0.2, 0.25) is 5.13 Å². The van der Waals surface area contributed by atoms with E-state index in [1.165, 1.54) is 11.3 Å². The molecule has 2 aromatic heterocycles. The van der Waals surface area contributed by atoms with Crippen LogP contribution in [0.2, 0.25) is 0 Å². The number of nitrogens with zero attached hydrogens (tertiary/aromatic N) is 5. The molecule has 8 heteroatoms. The van der Waals surface area contributed by atoms with Crippen LogP contribution in [0.25, 0.3) is 5.13 Å². The average Bonchev–Trinajstić information content (AvgIpc) is 3.05. The highest BCUT2D eigenvalue weighted by Gasteiger charge is 2.24. The number of ether oxygens (including phenoxy) is 1. The second-order valence-electron chi connectivity index (χ2n) is 4.59. The standard InChI is InChI=1S/C12H15N5O2S/c1-8-7-13-12(20-8)17-9(2)10(14-15-17)11(18)16-3-5-19-6-4-16/h7H,3-6H2,1-2H3. The van der Waals surface area contributed by atoms with Crippen molar-refractivity contribution in [2.24, 2.45) is 0 Å². The summed E-state index contributed by atoms with van der Waals surface area (Å²) in [5, 5.41) is 8.81. The smallest absolute Gasteiger partial charge is 0.276 e. The molecule has 1 saturated heterocycles. The molecule has 106 valence electrons. The molecule has 0 atom stereocenters. The highest BCUT2D eigenvalue weighted by Crippen LogP contribution is 2.19. The Hall–Kier alpha value is -1.80. The van der Waals surface area contributed by atoms with Gasteiger partial charge < -0.3 is 9.64 Å². The van der Waals surface area contributed by atoms with Crippen molar-refractivity contribution in [3.63, 3.8) is 0 Å². The highest BCUT2D eigenvalue weighted by molar-refractivity contribution is 7.13. The van der Waals surface area contributed by atoms with Crippen LogP contribution in [0.3, 0.4) is 0 Å². The Morgan fingerprint density at radius 3 is 2.75 bits per heavy atom. The topological polar surface area (TPSA) is 73.1 Å². The summed E-state index contributed by atoms with van der Waals surface area (Å²) in [5.74, 6) is -0.0923. The zero-order chi connectivity index (χ0) is 14.1. The first kappa shape index (κ1) is 13.2. The van der Waals surface area contributed by atoms with Gasteiger partial charge in [0.05, 0.1) is 18.9 Å². The maximum Gasteiger partial charge on any atom is 0.276 e. The van der Waals surface area contributed by atoms with Gasteiger partial charge in [-0.25, -0.2) is 4.98 Å². The molecule has 1 aliphatic rings. The quantitative estimate of drug-likeness (QED) is 0.819. The number of hydrogen-bond acceptors (Lipinski definition) is 6. The summed E-state index contributed by atoms with van der Waals surface area (Å²) in [5.41, 5.74) is 1.11. The normalized spacial score (nSPS) is 15.6. The zero-order valence-corrected chi connectivity index (χ0v) is 12.2. The third-order valence-corrected chi connectivity index (χ3v) is 4.07. The van der Waals surface area contributed by atoms with E-state index in [1.54, 1.807) is 15.8 Å². The summed E-state index contributed by atoms with van der Waals surface area (Å²) in [6, 6.07) is 0. The molecular formula is C12H15N5O2S. The lowest BCUT2D eigenvalue weighted by Crippen LogP contribution is -2.41. The fourth-order valence-electron chi connectivity index (χ4n) is 2.07. The van der Waals surface area contributed by atoms with E-state index in [4.69, 9.17) is 4.74 Å². The summed E-state index contributed by atoms with van der Waals surface area (Å²) in [6.07, 6.45) is 1.78. The van der Waals surface area contributed by atoms with Crippen molar-refractivity contribution in [1.82, 2.24) is 24.9 Å². The molecule has 7 nitrogen and oxygen atoms in total. The summed E-state index contributed by atoms with van der Waals surface area (Å²) >= 11 is 1.52. The Morgan fingerprint density at radius 2 is 2.10 bits per heavy atom. The summed E-state index contributed by atoms with van der Waals surface area (Å²) < 4.78 is 6.87. The molecule has 0 bridgehead atoms. The number of carbonyl (C=O) groups excluding carboxylic acids is 1. The number of aromatic nitrogens is 4. The third-order valence-electron chi connectivity index (χ3n) is 3.19. The van der Waals surface area contributed by atoms with Gasteiger partial charge in [-0.05, 0) is 13.8 Å². The predicted molar refractivity (Wildman–Crippen MR) is 73.2 cm³/mol. The SMILES string of the molecule is Cc1cnc(-n2nnc(C(=O)N3CCOCC3)c2C)s1. The minimum absolute atomic E-state index is 0.0923. The molecule has 1 fully saturated rings. The molecule has 3 rings (SSSR count). The average molecular weight is 293 g/mol. The summed E-state index contributed by atoms with van der Waals surface area (Å²) in [6.45, 7) is 6.16. The van der Waals surface area contributed by atoms with Crippen molar-refractivity contribution in [1.29, 1.82) is 0 Å². The zero-order valence-electron chi connectivity index (χ0n) is 11.4. The van der Waals surface area contributed by atoms with Gasteiger partial charge in [-0.2, -0.15) is 4.68 Å². The molecule has 0 N–H and O–H groups in total. The van der Waals surface area contributed by atoms with E-state index in [2.05, 4.69) is 15.3 Å². The third kappa shape index (κ3) is 2.32. The van der Waals surface area contributed by atoms with Crippen LogP contribution in [0.15, 0.2) is 6.20 Å². The van der Waals surface area contributed by atoms with E-state index in [0.29, 0.717) is 32.0 Å². The molecule has 2 aromatic rings. The van der Waals surface area contributed by atoms with Crippen LogP contribution >= 0.6 is 11.3 Å². The van der Waals surface area contributed by atoms with Crippen molar-refractivity contribution < 1.29 is 9.53 Å². The molecule has 1 aliphatic heterocycles. The number of thiazole rings is 1. The number of aryl methyl sites for hydroxylation is 1. The first-order valence-electron chi connectivity index (χ1n) is 6.39. The number of hydrogen-bond donors (Lipinski definition) is 0. The van der Waals surface area contributed by atoms with E-state index < -0.39 is 0 Å². The van der Waals surface area contributed by atoms with E-state index in [-0.39, 0.29) is 5.91 Å². The number of rotatable bonds is 2. The largest absolute Gasteiger partial charge is 0.378 e. The molecule has 20 heavy (non-hydrogen) atoms. The van der Waals surface area contributed by atoms with Crippen molar-refractivity contribution in [3.8, 4) is 5.13 Å². The van der Waals surface area contributed by atoms with Gasteiger partial charge >= 0.3 is 0 Å². The van der Waals surface area contributed by atoms with Gasteiger partial charge in [-0.1, -0.05) is 5.21 Å². The monoisotopic (exact) mass is 293 g/mol. The van der Waals surface area contributed by atoms with Gasteiger partial charge in [-0.3, -0.25) is 4.79 Å².